The highest BCUT2D eigenvalue weighted by atomic mass is 16.3. The van der Waals surface area contributed by atoms with Crippen LogP contribution < -0.4 is 0 Å². The second kappa shape index (κ2) is 5.44. The molecule has 1 unspecified atom stereocenters. The van der Waals surface area contributed by atoms with Crippen molar-refractivity contribution >= 4 is 0 Å². The van der Waals surface area contributed by atoms with Gasteiger partial charge in [-0.15, -0.1) is 0 Å². The van der Waals surface area contributed by atoms with Crippen LogP contribution in [-0.2, 0) is 0 Å². The summed E-state index contributed by atoms with van der Waals surface area (Å²) in [7, 11) is 0. The van der Waals surface area contributed by atoms with E-state index in [1.54, 1.807) is 0 Å². The summed E-state index contributed by atoms with van der Waals surface area (Å²) < 4.78 is 0. The van der Waals surface area contributed by atoms with Crippen LogP contribution in [-0.4, -0.2) is 33.6 Å². The maximum Gasteiger partial charge on any atom is 0.0824 e. The van der Waals surface area contributed by atoms with Crippen LogP contribution in [0.25, 0.3) is 0 Å². The topological polar surface area (TPSA) is 60.7 Å². The molecule has 0 amide bonds. The molecule has 3 fully saturated rings. The van der Waals surface area contributed by atoms with Crippen LogP contribution in [0, 0.1) is 28.1 Å². The van der Waals surface area contributed by atoms with Crippen LogP contribution in [0.15, 0.2) is 0 Å². The summed E-state index contributed by atoms with van der Waals surface area (Å²) in [5.74, 6) is 0.940. The molecule has 0 spiro atoms. The van der Waals surface area contributed by atoms with E-state index in [0.29, 0.717) is 11.8 Å². The number of fused-ring (bicyclic) bond motifs is 3. The Morgan fingerprint density at radius 1 is 1.00 bits per heavy atom. The lowest BCUT2D eigenvalue weighted by Gasteiger charge is -2.65. The van der Waals surface area contributed by atoms with Gasteiger partial charge in [0.05, 0.1) is 18.3 Å². The number of hydrogen-bond acceptors (Lipinski definition) is 3. The van der Waals surface area contributed by atoms with Crippen LogP contribution in [0.1, 0.15) is 79.1 Å². The highest BCUT2D eigenvalue weighted by Crippen LogP contribution is 2.66. The van der Waals surface area contributed by atoms with E-state index in [1.165, 1.54) is 6.42 Å². The summed E-state index contributed by atoms with van der Waals surface area (Å²) in [6.07, 6.45) is 7.83. The quantitative estimate of drug-likeness (QED) is 0.728. The van der Waals surface area contributed by atoms with Crippen molar-refractivity contribution in [2.75, 3.05) is 6.61 Å². The zero-order valence-electron chi connectivity index (χ0n) is 15.4. The Kier molecular flexibility index (Phi) is 4.18. The molecule has 3 rings (SSSR count). The zero-order chi connectivity index (χ0) is 17.1. The van der Waals surface area contributed by atoms with Crippen LogP contribution >= 0.6 is 0 Å². The molecule has 6 atom stereocenters. The minimum absolute atomic E-state index is 0.00919. The molecule has 3 saturated carbocycles. The first-order chi connectivity index (χ1) is 10.6. The molecular weight excluding hydrogens is 288 g/mol. The SMILES string of the molecule is CC1(C)CCC[C@H]2[C@]3(C)CC[C@@](C)(C(O)CO)C[C@H]3CC[C@@]21O. The van der Waals surface area contributed by atoms with E-state index in [1.807, 2.05) is 0 Å². The van der Waals surface area contributed by atoms with Crippen LogP contribution in [0.4, 0.5) is 0 Å². The van der Waals surface area contributed by atoms with Crippen molar-refractivity contribution in [1.82, 2.24) is 0 Å². The van der Waals surface area contributed by atoms with Crippen molar-refractivity contribution in [2.24, 2.45) is 28.1 Å². The van der Waals surface area contributed by atoms with Gasteiger partial charge in [-0.2, -0.15) is 0 Å². The minimum Gasteiger partial charge on any atom is -0.394 e. The molecule has 23 heavy (non-hydrogen) atoms. The average molecular weight is 325 g/mol. The number of aliphatic hydroxyl groups excluding tert-OH is 2. The summed E-state index contributed by atoms with van der Waals surface area (Å²) in [4.78, 5) is 0. The first-order valence-electron chi connectivity index (χ1n) is 9.60. The van der Waals surface area contributed by atoms with E-state index in [9.17, 15) is 15.3 Å². The predicted molar refractivity (Wildman–Crippen MR) is 92.0 cm³/mol. The number of rotatable bonds is 2. The molecule has 0 heterocycles. The molecule has 0 radical (unpaired) electrons. The third-order valence-corrected chi connectivity index (χ3v) is 8.57. The highest BCUT2D eigenvalue weighted by molar-refractivity contribution is 5.13. The van der Waals surface area contributed by atoms with Gasteiger partial charge in [-0.25, -0.2) is 0 Å². The van der Waals surface area contributed by atoms with Crippen molar-refractivity contribution in [3.05, 3.63) is 0 Å². The highest BCUT2D eigenvalue weighted by Gasteiger charge is 2.63. The second-order valence-electron chi connectivity index (χ2n) is 10.1. The van der Waals surface area contributed by atoms with Crippen LogP contribution in [0.3, 0.4) is 0 Å². The summed E-state index contributed by atoms with van der Waals surface area (Å²) in [5.41, 5.74) is -0.507. The summed E-state index contributed by atoms with van der Waals surface area (Å²) in [6.45, 7) is 8.91. The molecular formula is C20H36O3. The van der Waals surface area contributed by atoms with Crippen molar-refractivity contribution in [1.29, 1.82) is 0 Å². The molecule has 3 nitrogen and oxygen atoms in total. The zero-order valence-corrected chi connectivity index (χ0v) is 15.4. The molecule has 3 heteroatoms. The first-order valence-corrected chi connectivity index (χ1v) is 9.60. The lowest BCUT2D eigenvalue weighted by molar-refractivity contribution is -0.231. The Morgan fingerprint density at radius 3 is 2.35 bits per heavy atom. The standard InChI is InChI=1S/C20H36O3/c1-17(2)8-5-6-15-19(4)11-10-18(3,16(22)13-21)12-14(19)7-9-20(15,17)23/h14-16,21-23H,5-13H2,1-4H3/t14-,15+,16?,18-,19-,20-/m1/s1. The van der Waals surface area contributed by atoms with E-state index in [4.69, 9.17) is 0 Å². The number of aliphatic hydroxyl groups is 3. The molecule has 3 aliphatic carbocycles. The van der Waals surface area contributed by atoms with Gasteiger partial charge >= 0.3 is 0 Å². The molecule has 134 valence electrons. The third kappa shape index (κ3) is 2.41. The van der Waals surface area contributed by atoms with Gasteiger partial charge in [0.1, 0.15) is 0 Å². The molecule has 0 aromatic rings. The molecule has 0 aromatic carbocycles. The van der Waals surface area contributed by atoms with E-state index >= 15 is 0 Å². The fraction of sp³-hybridized carbons (Fsp3) is 1.00. The van der Waals surface area contributed by atoms with Crippen LogP contribution in [0.5, 0.6) is 0 Å². The van der Waals surface area contributed by atoms with Gasteiger partial charge < -0.3 is 15.3 Å². The summed E-state index contributed by atoms with van der Waals surface area (Å²) in [5, 5.41) is 31.3. The summed E-state index contributed by atoms with van der Waals surface area (Å²) >= 11 is 0. The number of hydrogen-bond donors (Lipinski definition) is 3. The van der Waals surface area contributed by atoms with Gasteiger partial charge in [0.15, 0.2) is 0 Å². The molecule has 0 saturated heterocycles. The Bertz CT molecular complexity index is 462. The molecule has 0 aliphatic heterocycles. The second-order valence-corrected chi connectivity index (χ2v) is 10.1. The lowest BCUT2D eigenvalue weighted by atomic mass is 9.41. The smallest absolute Gasteiger partial charge is 0.0824 e. The van der Waals surface area contributed by atoms with Gasteiger partial charge in [0, 0.05) is 0 Å². The molecule has 0 bridgehead atoms. The molecule has 3 N–H and O–H groups in total. The predicted octanol–water partition coefficient (Wildman–Crippen LogP) is 3.50. The largest absolute Gasteiger partial charge is 0.394 e. The van der Waals surface area contributed by atoms with Crippen molar-refractivity contribution in [3.63, 3.8) is 0 Å². The van der Waals surface area contributed by atoms with Crippen molar-refractivity contribution < 1.29 is 15.3 Å². The maximum absolute atomic E-state index is 11.6. The third-order valence-electron chi connectivity index (χ3n) is 8.57. The fourth-order valence-corrected chi connectivity index (χ4v) is 6.53. The van der Waals surface area contributed by atoms with Gasteiger partial charge in [-0.05, 0) is 73.0 Å². The molecule has 0 aromatic heterocycles. The van der Waals surface area contributed by atoms with Gasteiger partial charge in [0.2, 0.25) is 0 Å². The molecule has 3 aliphatic rings. The Hall–Kier alpha value is -0.120. The lowest BCUT2D eigenvalue weighted by Crippen LogP contribution is -2.64. The van der Waals surface area contributed by atoms with Gasteiger partial charge in [-0.1, -0.05) is 34.1 Å². The fourth-order valence-electron chi connectivity index (χ4n) is 6.53. The van der Waals surface area contributed by atoms with Gasteiger partial charge in [-0.3, -0.25) is 0 Å². The maximum atomic E-state index is 11.6. The minimum atomic E-state index is -0.615. The van der Waals surface area contributed by atoms with Crippen molar-refractivity contribution in [3.8, 4) is 0 Å². The van der Waals surface area contributed by atoms with E-state index in [2.05, 4.69) is 27.7 Å². The average Bonchev–Trinajstić information content (AvgIpc) is 2.49. The van der Waals surface area contributed by atoms with Crippen LogP contribution in [0.2, 0.25) is 0 Å². The first kappa shape index (κ1) is 17.7. The van der Waals surface area contributed by atoms with E-state index in [-0.39, 0.29) is 22.9 Å². The monoisotopic (exact) mass is 324 g/mol. The van der Waals surface area contributed by atoms with Crippen molar-refractivity contribution in [2.45, 2.75) is 90.8 Å². The Labute approximate surface area is 141 Å². The Balaban J connectivity index is 1.89. The Morgan fingerprint density at radius 2 is 1.70 bits per heavy atom. The van der Waals surface area contributed by atoms with E-state index < -0.39 is 11.7 Å². The summed E-state index contributed by atoms with van der Waals surface area (Å²) in [6, 6.07) is 0. The normalized spacial score (nSPS) is 50.7. The van der Waals surface area contributed by atoms with E-state index in [0.717, 1.165) is 44.9 Å². The van der Waals surface area contributed by atoms with Gasteiger partial charge in [0.25, 0.3) is 0 Å².